The van der Waals surface area contributed by atoms with E-state index in [1.165, 1.54) is 13.2 Å². The van der Waals surface area contributed by atoms with Gasteiger partial charge in [0.1, 0.15) is 0 Å². The Kier molecular flexibility index (Phi) is 5.49. The molecule has 1 amide bonds. The Hall–Kier alpha value is -1.71. The molecule has 1 aromatic carbocycles. The molecule has 0 fully saturated rings. The number of rotatable bonds is 6. The fraction of sp³-hybridized carbons (Fsp3) is 0.500. The lowest BCUT2D eigenvalue weighted by molar-refractivity contribution is 0.0946. The van der Waals surface area contributed by atoms with Crippen molar-refractivity contribution in [1.29, 1.82) is 0 Å². The SMILES string of the molecule is CCC(CC)CNC(=O)c1ccc(OC)c(O)c1. The highest BCUT2D eigenvalue weighted by molar-refractivity contribution is 5.94. The first-order valence-corrected chi connectivity index (χ1v) is 6.27. The molecule has 0 atom stereocenters. The van der Waals surface area contributed by atoms with Gasteiger partial charge in [0.15, 0.2) is 11.5 Å². The second-order valence-corrected chi connectivity index (χ2v) is 4.28. The first-order valence-electron chi connectivity index (χ1n) is 6.27. The molecule has 0 radical (unpaired) electrons. The van der Waals surface area contributed by atoms with E-state index in [0.29, 0.717) is 23.8 Å². The van der Waals surface area contributed by atoms with Gasteiger partial charge in [0.2, 0.25) is 0 Å². The van der Waals surface area contributed by atoms with E-state index < -0.39 is 0 Å². The van der Waals surface area contributed by atoms with Gasteiger partial charge in [-0.3, -0.25) is 4.79 Å². The lowest BCUT2D eigenvalue weighted by Crippen LogP contribution is -2.28. The maximum absolute atomic E-state index is 11.9. The minimum Gasteiger partial charge on any atom is -0.504 e. The molecule has 1 aromatic rings. The van der Waals surface area contributed by atoms with Crippen LogP contribution < -0.4 is 10.1 Å². The zero-order chi connectivity index (χ0) is 13.5. The Bertz CT molecular complexity index is 400. The molecule has 0 saturated heterocycles. The van der Waals surface area contributed by atoms with Crippen LogP contribution in [0.15, 0.2) is 18.2 Å². The zero-order valence-corrected chi connectivity index (χ0v) is 11.2. The molecule has 18 heavy (non-hydrogen) atoms. The summed E-state index contributed by atoms with van der Waals surface area (Å²) in [6, 6.07) is 4.64. The van der Waals surface area contributed by atoms with Crippen molar-refractivity contribution in [1.82, 2.24) is 5.32 Å². The number of carbonyl (C=O) groups excluding carboxylic acids is 1. The fourth-order valence-corrected chi connectivity index (χ4v) is 1.75. The van der Waals surface area contributed by atoms with Gasteiger partial charge < -0.3 is 15.2 Å². The molecular formula is C14H21NO3. The van der Waals surface area contributed by atoms with Gasteiger partial charge in [0.25, 0.3) is 5.91 Å². The molecule has 1 rings (SSSR count). The van der Waals surface area contributed by atoms with E-state index in [9.17, 15) is 9.90 Å². The number of nitrogens with one attached hydrogen (secondary N) is 1. The third kappa shape index (κ3) is 3.65. The summed E-state index contributed by atoms with van der Waals surface area (Å²) in [4.78, 5) is 11.9. The topological polar surface area (TPSA) is 58.6 Å². The molecule has 0 spiro atoms. The van der Waals surface area contributed by atoms with Crippen LogP contribution in [0, 0.1) is 5.92 Å². The average Bonchev–Trinajstić information content (AvgIpc) is 2.39. The normalized spacial score (nSPS) is 10.4. The van der Waals surface area contributed by atoms with Crippen molar-refractivity contribution in [2.24, 2.45) is 5.92 Å². The van der Waals surface area contributed by atoms with Gasteiger partial charge in [-0.05, 0) is 24.1 Å². The molecule has 0 aliphatic heterocycles. The van der Waals surface area contributed by atoms with E-state index in [0.717, 1.165) is 12.8 Å². The van der Waals surface area contributed by atoms with Crippen LogP contribution >= 0.6 is 0 Å². The summed E-state index contributed by atoms with van der Waals surface area (Å²) in [6.07, 6.45) is 2.09. The van der Waals surface area contributed by atoms with Gasteiger partial charge in [-0.15, -0.1) is 0 Å². The lowest BCUT2D eigenvalue weighted by atomic mass is 10.0. The minimum absolute atomic E-state index is 0.0207. The number of aromatic hydroxyl groups is 1. The zero-order valence-electron chi connectivity index (χ0n) is 11.2. The Labute approximate surface area is 108 Å². The number of ether oxygens (including phenoxy) is 1. The molecule has 4 nitrogen and oxygen atoms in total. The largest absolute Gasteiger partial charge is 0.504 e. The first kappa shape index (κ1) is 14.4. The second-order valence-electron chi connectivity index (χ2n) is 4.28. The van der Waals surface area contributed by atoms with Crippen LogP contribution in [0.1, 0.15) is 37.0 Å². The molecule has 100 valence electrons. The summed E-state index contributed by atoms with van der Waals surface area (Å²) in [6.45, 7) is 4.89. The van der Waals surface area contributed by atoms with Crippen LogP contribution in [0.5, 0.6) is 11.5 Å². The van der Waals surface area contributed by atoms with Gasteiger partial charge >= 0.3 is 0 Å². The quantitative estimate of drug-likeness (QED) is 0.817. The summed E-state index contributed by atoms with van der Waals surface area (Å²) >= 11 is 0. The molecule has 0 aliphatic rings. The summed E-state index contributed by atoms with van der Waals surface area (Å²) in [5.74, 6) is 0.680. The highest BCUT2D eigenvalue weighted by Gasteiger charge is 2.11. The smallest absolute Gasteiger partial charge is 0.251 e. The summed E-state index contributed by atoms with van der Waals surface area (Å²) in [5, 5.41) is 12.5. The highest BCUT2D eigenvalue weighted by Crippen LogP contribution is 2.26. The lowest BCUT2D eigenvalue weighted by Gasteiger charge is -2.13. The van der Waals surface area contributed by atoms with Crippen LogP contribution in [-0.4, -0.2) is 24.7 Å². The Balaban J connectivity index is 2.64. The Morgan fingerprint density at radius 3 is 2.56 bits per heavy atom. The predicted molar refractivity (Wildman–Crippen MR) is 71.1 cm³/mol. The van der Waals surface area contributed by atoms with Crippen molar-refractivity contribution in [3.05, 3.63) is 23.8 Å². The fourth-order valence-electron chi connectivity index (χ4n) is 1.75. The summed E-state index contributed by atoms with van der Waals surface area (Å²) in [7, 11) is 1.47. The number of hydrogen-bond acceptors (Lipinski definition) is 3. The molecule has 0 heterocycles. The van der Waals surface area contributed by atoms with Gasteiger partial charge in [-0.1, -0.05) is 26.7 Å². The number of benzene rings is 1. The van der Waals surface area contributed by atoms with Crippen LogP contribution in [0.4, 0.5) is 0 Å². The van der Waals surface area contributed by atoms with Crippen molar-refractivity contribution >= 4 is 5.91 Å². The maximum atomic E-state index is 11.9. The third-order valence-electron chi connectivity index (χ3n) is 3.15. The number of phenols is 1. The van der Waals surface area contributed by atoms with E-state index in [1.54, 1.807) is 12.1 Å². The van der Waals surface area contributed by atoms with Crippen LogP contribution in [0.3, 0.4) is 0 Å². The van der Waals surface area contributed by atoms with E-state index in [2.05, 4.69) is 19.2 Å². The van der Waals surface area contributed by atoms with Gasteiger partial charge in [-0.2, -0.15) is 0 Å². The van der Waals surface area contributed by atoms with Crippen molar-refractivity contribution < 1.29 is 14.6 Å². The second kappa shape index (κ2) is 6.89. The third-order valence-corrected chi connectivity index (χ3v) is 3.15. The van der Waals surface area contributed by atoms with Crippen LogP contribution in [0.2, 0.25) is 0 Å². The van der Waals surface area contributed by atoms with E-state index in [4.69, 9.17) is 4.74 Å². The van der Waals surface area contributed by atoms with Crippen LogP contribution in [0.25, 0.3) is 0 Å². The van der Waals surface area contributed by atoms with Crippen LogP contribution in [-0.2, 0) is 0 Å². The molecule has 4 heteroatoms. The van der Waals surface area contributed by atoms with E-state index >= 15 is 0 Å². The number of amides is 1. The molecular weight excluding hydrogens is 230 g/mol. The van der Waals surface area contributed by atoms with E-state index in [1.807, 2.05) is 0 Å². The average molecular weight is 251 g/mol. The first-order chi connectivity index (χ1) is 8.62. The van der Waals surface area contributed by atoms with Crippen molar-refractivity contribution in [2.45, 2.75) is 26.7 Å². The molecule has 0 aromatic heterocycles. The standard InChI is InChI=1S/C14H21NO3/c1-4-10(5-2)9-15-14(17)11-6-7-13(18-3)12(16)8-11/h6-8,10,16H,4-5,9H2,1-3H3,(H,15,17). The molecule has 0 aliphatic carbocycles. The molecule has 0 unspecified atom stereocenters. The van der Waals surface area contributed by atoms with Crippen molar-refractivity contribution in [2.75, 3.05) is 13.7 Å². The number of methoxy groups -OCH3 is 1. The summed E-state index contributed by atoms with van der Waals surface area (Å²) < 4.78 is 4.93. The molecule has 0 saturated carbocycles. The van der Waals surface area contributed by atoms with E-state index in [-0.39, 0.29) is 11.7 Å². The number of carbonyl (C=O) groups is 1. The highest BCUT2D eigenvalue weighted by atomic mass is 16.5. The van der Waals surface area contributed by atoms with Crippen molar-refractivity contribution in [3.63, 3.8) is 0 Å². The number of phenolic OH excluding ortho intramolecular Hbond substituents is 1. The number of hydrogen-bond donors (Lipinski definition) is 2. The monoisotopic (exact) mass is 251 g/mol. The summed E-state index contributed by atoms with van der Waals surface area (Å²) in [5.41, 5.74) is 0.444. The Morgan fingerprint density at radius 1 is 1.39 bits per heavy atom. The van der Waals surface area contributed by atoms with Gasteiger partial charge in [0, 0.05) is 12.1 Å². The Morgan fingerprint density at radius 2 is 2.06 bits per heavy atom. The van der Waals surface area contributed by atoms with Gasteiger partial charge in [-0.25, -0.2) is 0 Å². The molecule has 0 bridgehead atoms. The predicted octanol–water partition coefficient (Wildman–Crippen LogP) is 2.57. The maximum Gasteiger partial charge on any atom is 0.251 e. The minimum atomic E-state index is -0.167. The molecule has 2 N–H and O–H groups in total. The van der Waals surface area contributed by atoms with Crippen molar-refractivity contribution in [3.8, 4) is 11.5 Å². The van der Waals surface area contributed by atoms with Gasteiger partial charge in [0.05, 0.1) is 7.11 Å².